The van der Waals surface area contributed by atoms with Gasteiger partial charge in [0.2, 0.25) is 5.91 Å². The highest BCUT2D eigenvalue weighted by molar-refractivity contribution is 5.79. The lowest BCUT2D eigenvalue weighted by atomic mass is 9.82. The molecule has 0 saturated heterocycles. The van der Waals surface area contributed by atoms with Crippen molar-refractivity contribution in [1.29, 1.82) is 0 Å². The average molecular weight is 215 g/mol. The Hall–Kier alpha value is -0.610. The monoisotopic (exact) mass is 215 g/mol. The summed E-state index contributed by atoms with van der Waals surface area (Å²) in [6.45, 7) is 1.80. The van der Waals surface area contributed by atoms with Crippen molar-refractivity contribution in [3.05, 3.63) is 0 Å². The largest absolute Gasteiger partial charge is 0.394 e. The van der Waals surface area contributed by atoms with E-state index in [4.69, 9.17) is 10.2 Å². The zero-order valence-electron chi connectivity index (χ0n) is 9.28. The Labute approximate surface area is 90.7 Å². The summed E-state index contributed by atoms with van der Waals surface area (Å²) in [6, 6.07) is -0.503. The lowest BCUT2D eigenvalue weighted by molar-refractivity contribution is -0.127. The van der Waals surface area contributed by atoms with Crippen LogP contribution >= 0.6 is 0 Å². The fourth-order valence-electron chi connectivity index (χ4n) is 1.99. The van der Waals surface area contributed by atoms with Gasteiger partial charge < -0.3 is 15.5 Å². The first-order chi connectivity index (χ1) is 7.17. The number of nitrogens with one attached hydrogen (secondary N) is 1. The van der Waals surface area contributed by atoms with Gasteiger partial charge in [-0.15, -0.1) is 0 Å². The Morgan fingerprint density at radius 1 is 1.27 bits per heavy atom. The summed E-state index contributed by atoms with van der Waals surface area (Å²) in [5.41, 5.74) is 0. The molecule has 0 bridgehead atoms. The van der Waals surface area contributed by atoms with Gasteiger partial charge in [0.15, 0.2) is 0 Å². The number of carbonyl (C=O) groups excluding carboxylic acids is 1. The molecule has 0 heterocycles. The highest BCUT2D eigenvalue weighted by Gasteiger charge is 2.25. The summed E-state index contributed by atoms with van der Waals surface area (Å²) < 4.78 is 0. The van der Waals surface area contributed by atoms with Crippen LogP contribution in [-0.2, 0) is 4.79 Å². The van der Waals surface area contributed by atoms with E-state index in [1.54, 1.807) is 0 Å². The molecular formula is C11H21NO3. The lowest BCUT2D eigenvalue weighted by Gasteiger charge is -2.26. The first-order valence-corrected chi connectivity index (χ1v) is 5.69. The predicted octanol–water partition coefficient (Wildman–Crippen LogP) is 0.282. The van der Waals surface area contributed by atoms with Gasteiger partial charge in [-0.3, -0.25) is 4.79 Å². The van der Waals surface area contributed by atoms with Crippen molar-refractivity contribution in [3.8, 4) is 0 Å². The number of aliphatic hydroxyl groups excluding tert-OH is 2. The lowest BCUT2D eigenvalue weighted by Crippen LogP contribution is -2.43. The second kappa shape index (κ2) is 6.08. The molecule has 0 aliphatic heterocycles. The Kier molecular flexibility index (Phi) is 5.05. The van der Waals surface area contributed by atoms with Gasteiger partial charge in [-0.25, -0.2) is 0 Å². The summed E-state index contributed by atoms with van der Waals surface area (Å²) in [5, 5.41) is 20.3. The third kappa shape index (κ3) is 3.80. The molecule has 4 nitrogen and oxygen atoms in total. The molecule has 3 N–H and O–H groups in total. The minimum Gasteiger partial charge on any atom is -0.394 e. The van der Waals surface area contributed by atoms with Crippen molar-refractivity contribution in [2.24, 2.45) is 11.8 Å². The molecule has 0 aromatic carbocycles. The van der Waals surface area contributed by atoms with Crippen LogP contribution in [0.15, 0.2) is 0 Å². The number of amides is 1. The van der Waals surface area contributed by atoms with Crippen LogP contribution in [0.5, 0.6) is 0 Å². The van der Waals surface area contributed by atoms with E-state index in [1.807, 2.05) is 0 Å². The molecule has 88 valence electrons. The maximum Gasteiger partial charge on any atom is 0.223 e. The molecular weight excluding hydrogens is 194 g/mol. The normalized spacial score (nSPS) is 26.7. The maximum atomic E-state index is 11.7. The molecule has 1 amide bonds. The van der Waals surface area contributed by atoms with Crippen molar-refractivity contribution in [2.75, 3.05) is 13.2 Å². The van der Waals surface area contributed by atoms with Crippen molar-refractivity contribution in [1.82, 2.24) is 5.32 Å². The highest BCUT2D eigenvalue weighted by atomic mass is 16.3. The Balaban J connectivity index is 2.33. The Bertz CT molecular complexity index is 196. The van der Waals surface area contributed by atoms with Gasteiger partial charge in [0.05, 0.1) is 19.3 Å². The zero-order chi connectivity index (χ0) is 11.3. The number of hydrogen-bond acceptors (Lipinski definition) is 3. The Morgan fingerprint density at radius 3 is 2.27 bits per heavy atom. The van der Waals surface area contributed by atoms with Crippen LogP contribution < -0.4 is 5.32 Å². The smallest absolute Gasteiger partial charge is 0.223 e. The molecule has 1 aliphatic rings. The SMILES string of the molecule is CC1CCC(C(=O)NC(CO)CO)CC1. The van der Waals surface area contributed by atoms with Gasteiger partial charge in [-0.1, -0.05) is 6.92 Å². The second-order valence-electron chi connectivity index (χ2n) is 4.53. The van der Waals surface area contributed by atoms with Crippen molar-refractivity contribution < 1.29 is 15.0 Å². The van der Waals surface area contributed by atoms with Gasteiger partial charge in [0, 0.05) is 5.92 Å². The Morgan fingerprint density at radius 2 is 1.80 bits per heavy atom. The van der Waals surface area contributed by atoms with E-state index in [-0.39, 0.29) is 25.0 Å². The molecule has 0 unspecified atom stereocenters. The van der Waals surface area contributed by atoms with Crippen molar-refractivity contribution in [3.63, 3.8) is 0 Å². The third-order valence-electron chi connectivity index (χ3n) is 3.17. The van der Waals surface area contributed by atoms with Gasteiger partial charge >= 0.3 is 0 Å². The van der Waals surface area contributed by atoms with E-state index in [0.29, 0.717) is 0 Å². The van der Waals surface area contributed by atoms with Crippen LogP contribution in [0, 0.1) is 11.8 Å². The molecule has 0 radical (unpaired) electrons. The van der Waals surface area contributed by atoms with Crippen LogP contribution in [0.25, 0.3) is 0 Å². The van der Waals surface area contributed by atoms with E-state index in [9.17, 15) is 4.79 Å². The van der Waals surface area contributed by atoms with Crippen molar-refractivity contribution >= 4 is 5.91 Å². The van der Waals surface area contributed by atoms with Gasteiger partial charge in [-0.2, -0.15) is 0 Å². The van der Waals surface area contributed by atoms with Crippen molar-refractivity contribution in [2.45, 2.75) is 38.6 Å². The molecule has 0 aromatic heterocycles. The summed E-state index contributed by atoms with van der Waals surface area (Å²) in [6.07, 6.45) is 4.05. The topological polar surface area (TPSA) is 69.6 Å². The number of hydrogen-bond donors (Lipinski definition) is 3. The second-order valence-corrected chi connectivity index (χ2v) is 4.53. The number of carbonyl (C=O) groups is 1. The molecule has 1 saturated carbocycles. The average Bonchev–Trinajstić information content (AvgIpc) is 2.26. The van der Waals surface area contributed by atoms with Gasteiger partial charge in [-0.05, 0) is 31.6 Å². The number of rotatable bonds is 4. The van der Waals surface area contributed by atoms with Crippen LogP contribution in [-0.4, -0.2) is 35.4 Å². The molecule has 4 heteroatoms. The molecule has 0 spiro atoms. The number of aliphatic hydroxyl groups is 2. The molecule has 15 heavy (non-hydrogen) atoms. The summed E-state index contributed by atoms with van der Waals surface area (Å²) in [4.78, 5) is 11.7. The van der Waals surface area contributed by atoms with E-state index in [0.717, 1.165) is 31.6 Å². The minimum atomic E-state index is -0.503. The standard InChI is InChI=1S/C11H21NO3/c1-8-2-4-9(5-3-8)11(15)12-10(6-13)7-14/h8-10,13-14H,2-7H2,1H3,(H,12,15). The fourth-order valence-corrected chi connectivity index (χ4v) is 1.99. The highest BCUT2D eigenvalue weighted by Crippen LogP contribution is 2.28. The van der Waals surface area contributed by atoms with Crippen LogP contribution in [0.4, 0.5) is 0 Å². The molecule has 1 rings (SSSR count). The quantitative estimate of drug-likeness (QED) is 0.631. The van der Waals surface area contributed by atoms with E-state index in [1.165, 1.54) is 0 Å². The minimum absolute atomic E-state index is 0.0185. The molecule has 0 atom stereocenters. The third-order valence-corrected chi connectivity index (χ3v) is 3.17. The van der Waals surface area contributed by atoms with Crippen LogP contribution in [0.3, 0.4) is 0 Å². The maximum absolute atomic E-state index is 11.7. The molecule has 1 fully saturated rings. The van der Waals surface area contributed by atoms with E-state index >= 15 is 0 Å². The van der Waals surface area contributed by atoms with Gasteiger partial charge in [0.25, 0.3) is 0 Å². The molecule has 0 aromatic rings. The van der Waals surface area contributed by atoms with Crippen LogP contribution in [0.1, 0.15) is 32.6 Å². The summed E-state index contributed by atoms with van der Waals surface area (Å²) in [5.74, 6) is 0.775. The van der Waals surface area contributed by atoms with Gasteiger partial charge in [0.1, 0.15) is 0 Å². The van der Waals surface area contributed by atoms with Crippen LogP contribution in [0.2, 0.25) is 0 Å². The molecule has 1 aliphatic carbocycles. The zero-order valence-corrected chi connectivity index (χ0v) is 9.28. The summed E-state index contributed by atoms with van der Waals surface area (Å²) >= 11 is 0. The predicted molar refractivity (Wildman–Crippen MR) is 57.2 cm³/mol. The first-order valence-electron chi connectivity index (χ1n) is 5.69. The van der Waals surface area contributed by atoms with E-state index in [2.05, 4.69) is 12.2 Å². The summed E-state index contributed by atoms with van der Waals surface area (Å²) in [7, 11) is 0. The first kappa shape index (κ1) is 12.5. The van der Waals surface area contributed by atoms with E-state index < -0.39 is 6.04 Å². The fraction of sp³-hybridized carbons (Fsp3) is 0.909.